The molecule has 1 aromatic heterocycles. The summed E-state index contributed by atoms with van der Waals surface area (Å²) in [6, 6.07) is 7.90. The number of hydrogen-bond acceptors (Lipinski definition) is 6. The van der Waals surface area contributed by atoms with Crippen molar-refractivity contribution in [2.75, 3.05) is 39.3 Å². The van der Waals surface area contributed by atoms with Crippen molar-refractivity contribution in [1.29, 1.82) is 0 Å². The summed E-state index contributed by atoms with van der Waals surface area (Å²) in [7, 11) is 3.26. The van der Waals surface area contributed by atoms with Gasteiger partial charge in [-0.15, -0.1) is 0 Å². The molecule has 7 nitrogen and oxygen atoms in total. The number of allylic oxidation sites excluding steroid dienone is 1. The second-order valence-electron chi connectivity index (χ2n) is 5.59. The van der Waals surface area contributed by atoms with Crippen LogP contribution in [-0.4, -0.2) is 48.6 Å². The van der Waals surface area contributed by atoms with Crippen LogP contribution in [0.1, 0.15) is 5.69 Å². The second kappa shape index (κ2) is 7.96. The molecule has 0 unspecified atom stereocenters. The highest BCUT2D eigenvalue weighted by Gasteiger charge is 2.15. The monoisotopic (exact) mass is 342 g/mol. The molecule has 0 bridgehead atoms. The van der Waals surface area contributed by atoms with E-state index in [4.69, 9.17) is 9.47 Å². The van der Waals surface area contributed by atoms with Gasteiger partial charge in [0, 0.05) is 26.0 Å². The molecule has 0 fully saturated rings. The molecule has 1 aliphatic rings. The van der Waals surface area contributed by atoms with Gasteiger partial charge in [0.25, 0.3) is 0 Å². The SMILES string of the molecule is COCCNc1nc(/C=C2/C=c3ccccc3=N2)c(O)n1CCOC. The summed E-state index contributed by atoms with van der Waals surface area (Å²) in [5, 5.41) is 15.7. The average molecular weight is 342 g/mol. The predicted molar refractivity (Wildman–Crippen MR) is 95.8 cm³/mol. The van der Waals surface area contributed by atoms with Gasteiger partial charge in [-0.05, 0) is 18.2 Å². The maximum absolute atomic E-state index is 10.5. The fourth-order valence-corrected chi connectivity index (χ4v) is 2.61. The van der Waals surface area contributed by atoms with Crippen LogP contribution in [0.5, 0.6) is 5.88 Å². The lowest BCUT2D eigenvalue weighted by Gasteiger charge is -2.09. The largest absolute Gasteiger partial charge is 0.493 e. The van der Waals surface area contributed by atoms with E-state index in [0.717, 1.165) is 16.3 Å². The zero-order valence-corrected chi connectivity index (χ0v) is 14.4. The minimum atomic E-state index is 0.0871. The van der Waals surface area contributed by atoms with Gasteiger partial charge in [0.1, 0.15) is 5.69 Å². The first kappa shape index (κ1) is 17.2. The van der Waals surface area contributed by atoms with E-state index in [0.29, 0.717) is 37.9 Å². The number of aromatic nitrogens is 2. The Kier molecular flexibility index (Phi) is 5.47. The van der Waals surface area contributed by atoms with E-state index >= 15 is 0 Å². The van der Waals surface area contributed by atoms with Gasteiger partial charge in [0.2, 0.25) is 11.8 Å². The summed E-state index contributed by atoms with van der Waals surface area (Å²) in [4.78, 5) is 9.04. The number of rotatable bonds is 8. The van der Waals surface area contributed by atoms with E-state index in [1.807, 2.05) is 30.3 Å². The fourth-order valence-electron chi connectivity index (χ4n) is 2.61. The highest BCUT2D eigenvalue weighted by molar-refractivity contribution is 5.67. The van der Waals surface area contributed by atoms with Gasteiger partial charge in [0.15, 0.2) is 0 Å². The van der Waals surface area contributed by atoms with Gasteiger partial charge in [-0.2, -0.15) is 0 Å². The molecule has 1 aliphatic heterocycles. The number of fused-ring (bicyclic) bond motifs is 1. The average Bonchev–Trinajstić information content (AvgIpc) is 3.15. The number of aromatic hydroxyl groups is 1. The molecule has 0 radical (unpaired) electrons. The zero-order valence-electron chi connectivity index (χ0n) is 14.4. The van der Waals surface area contributed by atoms with Crippen molar-refractivity contribution in [1.82, 2.24) is 9.55 Å². The first-order valence-corrected chi connectivity index (χ1v) is 8.11. The molecule has 132 valence electrons. The molecule has 0 saturated heterocycles. The van der Waals surface area contributed by atoms with Crippen molar-refractivity contribution in [2.45, 2.75) is 6.54 Å². The molecule has 0 aliphatic carbocycles. The quantitative estimate of drug-likeness (QED) is 0.692. The molecule has 0 saturated carbocycles. The van der Waals surface area contributed by atoms with Gasteiger partial charge < -0.3 is 19.9 Å². The topological polar surface area (TPSA) is 80.9 Å². The Morgan fingerprint density at radius 3 is 2.76 bits per heavy atom. The first-order chi connectivity index (χ1) is 12.2. The molecule has 0 atom stereocenters. The molecule has 1 aromatic carbocycles. The van der Waals surface area contributed by atoms with Crippen LogP contribution >= 0.6 is 0 Å². The third-order valence-corrected chi connectivity index (χ3v) is 3.85. The Labute approximate surface area is 145 Å². The lowest BCUT2D eigenvalue weighted by molar-refractivity contribution is 0.184. The number of nitrogens with zero attached hydrogens (tertiary/aromatic N) is 3. The van der Waals surface area contributed by atoms with E-state index in [2.05, 4.69) is 15.3 Å². The van der Waals surface area contributed by atoms with Crippen molar-refractivity contribution in [2.24, 2.45) is 4.99 Å². The van der Waals surface area contributed by atoms with E-state index in [-0.39, 0.29) is 5.88 Å². The molecule has 25 heavy (non-hydrogen) atoms. The number of anilines is 1. The van der Waals surface area contributed by atoms with E-state index in [1.165, 1.54) is 0 Å². The van der Waals surface area contributed by atoms with E-state index in [1.54, 1.807) is 24.9 Å². The van der Waals surface area contributed by atoms with Crippen LogP contribution in [-0.2, 0) is 16.0 Å². The van der Waals surface area contributed by atoms with Gasteiger partial charge in [-0.3, -0.25) is 4.57 Å². The minimum Gasteiger partial charge on any atom is -0.493 e. The maximum atomic E-state index is 10.5. The Morgan fingerprint density at radius 1 is 1.20 bits per heavy atom. The molecule has 2 N–H and O–H groups in total. The van der Waals surface area contributed by atoms with Crippen molar-refractivity contribution in [3.05, 3.63) is 46.2 Å². The van der Waals surface area contributed by atoms with Gasteiger partial charge in [-0.25, -0.2) is 9.98 Å². The summed E-state index contributed by atoms with van der Waals surface area (Å²) < 4.78 is 11.8. The summed E-state index contributed by atoms with van der Waals surface area (Å²) >= 11 is 0. The van der Waals surface area contributed by atoms with Gasteiger partial charge in [0.05, 0.1) is 30.8 Å². The molecule has 0 amide bonds. The number of methoxy groups -OCH3 is 2. The zero-order chi connectivity index (χ0) is 17.6. The predicted octanol–water partition coefficient (Wildman–Crippen LogP) is 0.748. The van der Waals surface area contributed by atoms with E-state index < -0.39 is 0 Å². The fraction of sp³-hybridized carbons (Fsp3) is 0.333. The van der Waals surface area contributed by atoms with Crippen LogP contribution in [0, 0.1) is 0 Å². The molecule has 0 spiro atoms. The molecule has 2 aromatic rings. The van der Waals surface area contributed by atoms with Crippen molar-refractivity contribution in [3.8, 4) is 5.88 Å². The minimum absolute atomic E-state index is 0.0871. The van der Waals surface area contributed by atoms with Crippen LogP contribution in [0.2, 0.25) is 0 Å². The number of para-hydroxylation sites is 1. The van der Waals surface area contributed by atoms with Crippen LogP contribution in [0.25, 0.3) is 12.2 Å². The van der Waals surface area contributed by atoms with Gasteiger partial charge in [-0.1, -0.05) is 18.2 Å². The third kappa shape index (κ3) is 3.89. The second-order valence-corrected chi connectivity index (χ2v) is 5.59. The normalized spacial score (nSPS) is 14.2. The Bertz CT molecular complexity index is 849. The lowest BCUT2D eigenvalue weighted by Crippen LogP contribution is -2.19. The number of hydrogen-bond donors (Lipinski definition) is 2. The maximum Gasteiger partial charge on any atom is 0.220 e. The van der Waals surface area contributed by atoms with Crippen LogP contribution in [0.3, 0.4) is 0 Å². The van der Waals surface area contributed by atoms with Crippen LogP contribution in [0.4, 0.5) is 5.95 Å². The summed E-state index contributed by atoms with van der Waals surface area (Å²) in [6.07, 6.45) is 3.75. The third-order valence-electron chi connectivity index (χ3n) is 3.85. The number of ether oxygens (including phenoxy) is 2. The Hall–Kier alpha value is -2.64. The van der Waals surface area contributed by atoms with Crippen molar-refractivity contribution >= 4 is 18.1 Å². The lowest BCUT2D eigenvalue weighted by atomic mass is 10.2. The van der Waals surface area contributed by atoms with E-state index in [9.17, 15) is 5.11 Å². The smallest absolute Gasteiger partial charge is 0.220 e. The standard InChI is InChI=1S/C18H22N4O3/c1-24-9-7-19-18-21-16(17(23)22(18)8-10-25-2)12-14-11-13-5-3-4-6-15(13)20-14/h3-6,11-12,23H,7-10H2,1-2H3,(H,19,21)/b14-12-. The molecular formula is C18H22N4O3. The Balaban J connectivity index is 1.91. The number of benzene rings is 1. The van der Waals surface area contributed by atoms with Crippen LogP contribution in [0.15, 0.2) is 35.0 Å². The highest BCUT2D eigenvalue weighted by Crippen LogP contribution is 2.25. The van der Waals surface area contributed by atoms with Crippen LogP contribution < -0.4 is 15.9 Å². The molecule has 3 rings (SSSR count). The summed E-state index contributed by atoms with van der Waals surface area (Å²) in [5.41, 5.74) is 1.23. The molecule has 7 heteroatoms. The van der Waals surface area contributed by atoms with Gasteiger partial charge >= 0.3 is 0 Å². The Morgan fingerprint density at radius 2 is 2.00 bits per heavy atom. The number of nitrogens with one attached hydrogen (secondary N) is 1. The first-order valence-electron chi connectivity index (χ1n) is 8.11. The number of imidazole rings is 1. The molecule has 2 heterocycles. The van der Waals surface area contributed by atoms with Crippen molar-refractivity contribution < 1.29 is 14.6 Å². The summed E-state index contributed by atoms with van der Waals surface area (Å²) in [6.45, 7) is 2.11. The van der Waals surface area contributed by atoms with Crippen molar-refractivity contribution in [3.63, 3.8) is 0 Å². The highest BCUT2D eigenvalue weighted by atomic mass is 16.5. The molecular weight excluding hydrogens is 320 g/mol. The summed E-state index contributed by atoms with van der Waals surface area (Å²) in [5.74, 6) is 0.665.